The smallest absolute Gasteiger partial charge is 0.261 e. The minimum absolute atomic E-state index is 0.128. The van der Waals surface area contributed by atoms with Crippen molar-refractivity contribution in [3.8, 4) is 0 Å². The monoisotopic (exact) mass is 402 g/mol. The Bertz CT molecular complexity index is 981. The summed E-state index contributed by atoms with van der Waals surface area (Å²) in [5.41, 5.74) is 6.76. The molecule has 1 saturated heterocycles. The lowest BCUT2D eigenvalue weighted by molar-refractivity contribution is -0.123. The van der Waals surface area contributed by atoms with Gasteiger partial charge in [-0.2, -0.15) is 0 Å². The average Bonchev–Trinajstić information content (AvgIpc) is 2.67. The second-order valence-electron chi connectivity index (χ2n) is 6.85. The predicted molar refractivity (Wildman–Crippen MR) is 104 cm³/mol. The number of primary amides is 1. The van der Waals surface area contributed by atoms with E-state index in [0.717, 1.165) is 5.56 Å². The number of nitrogens with zero attached hydrogens (tertiary/aromatic N) is 2. The van der Waals surface area contributed by atoms with Gasteiger partial charge in [0.1, 0.15) is 0 Å². The summed E-state index contributed by atoms with van der Waals surface area (Å²) >= 11 is 0. The molecule has 0 bridgehead atoms. The first-order chi connectivity index (χ1) is 13.3. The minimum Gasteiger partial charge on any atom is -0.369 e. The number of aryl methyl sites for hydroxylation is 1. The Labute approximate surface area is 163 Å². The van der Waals surface area contributed by atoms with E-state index in [1.807, 2.05) is 6.92 Å². The first kappa shape index (κ1) is 19.8. The van der Waals surface area contributed by atoms with Gasteiger partial charge in [0.25, 0.3) is 15.9 Å². The van der Waals surface area contributed by atoms with Crippen LogP contribution in [0.15, 0.2) is 47.6 Å². The molecule has 2 aromatic rings. The highest BCUT2D eigenvalue weighted by atomic mass is 32.2. The van der Waals surface area contributed by atoms with Gasteiger partial charge in [0.05, 0.1) is 22.3 Å². The predicted octanol–water partition coefficient (Wildman–Crippen LogP) is 1.53. The first-order valence-electron chi connectivity index (χ1n) is 8.89. The van der Waals surface area contributed by atoms with E-state index >= 15 is 0 Å². The second-order valence-corrected chi connectivity index (χ2v) is 8.53. The Hall–Kier alpha value is -2.94. The minimum atomic E-state index is -3.78. The van der Waals surface area contributed by atoms with Gasteiger partial charge in [-0.1, -0.05) is 17.7 Å². The van der Waals surface area contributed by atoms with Crippen molar-refractivity contribution in [3.05, 3.63) is 53.9 Å². The standard InChI is InChI=1S/C19H22N4O4S/c1-13-2-4-17(5-3-13)28(26,27)22-16-10-15(11-21-12-16)19(25)23-8-6-14(7-9-23)18(20)24/h2-5,10-12,14,22H,6-9H2,1H3,(H2,20,24). The van der Waals surface area contributed by atoms with Crippen molar-refractivity contribution in [2.24, 2.45) is 11.7 Å². The largest absolute Gasteiger partial charge is 0.369 e. The molecule has 0 saturated carbocycles. The number of nitrogens with one attached hydrogen (secondary N) is 1. The highest BCUT2D eigenvalue weighted by Gasteiger charge is 2.27. The van der Waals surface area contributed by atoms with Crippen LogP contribution in [0.1, 0.15) is 28.8 Å². The number of amides is 2. The number of hydrogen-bond acceptors (Lipinski definition) is 5. The number of hydrogen-bond donors (Lipinski definition) is 2. The van der Waals surface area contributed by atoms with Gasteiger partial charge in [0, 0.05) is 25.2 Å². The molecule has 0 unspecified atom stereocenters. The summed E-state index contributed by atoms with van der Waals surface area (Å²) in [6.45, 7) is 2.71. The fourth-order valence-electron chi connectivity index (χ4n) is 3.09. The third-order valence-corrected chi connectivity index (χ3v) is 6.15. The van der Waals surface area contributed by atoms with Crippen molar-refractivity contribution >= 4 is 27.5 Å². The lowest BCUT2D eigenvalue weighted by atomic mass is 9.96. The number of rotatable bonds is 5. The molecule has 1 aliphatic heterocycles. The maximum atomic E-state index is 12.7. The van der Waals surface area contributed by atoms with Crippen LogP contribution in [0.25, 0.3) is 0 Å². The van der Waals surface area contributed by atoms with Crippen molar-refractivity contribution in [1.29, 1.82) is 0 Å². The first-order valence-corrected chi connectivity index (χ1v) is 10.4. The molecule has 1 fully saturated rings. The van der Waals surface area contributed by atoms with E-state index in [1.165, 1.54) is 30.6 Å². The van der Waals surface area contributed by atoms with E-state index < -0.39 is 10.0 Å². The average molecular weight is 402 g/mol. The molecule has 8 nitrogen and oxygen atoms in total. The van der Waals surface area contributed by atoms with Crippen molar-refractivity contribution in [3.63, 3.8) is 0 Å². The Kier molecular flexibility index (Phi) is 5.64. The zero-order valence-corrected chi connectivity index (χ0v) is 16.3. The number of pyridine rings is 1. The molecule has 9 heteroatoms. The molecular formula is C19H22N4O4S. The molecule has 1 aromatic carbocycles. The zero-order chi connectivity index (χ0) is 20.3. The summed E-state index contributed by atoms with van der Waals surface area (Å²) in [6.07, 6.45) is 3.79. The van der Waals surface area contributed by atoms with E-state index in [2.05, 4.69) is 9.71 Å². The van der Waals surface area contributed by atoms with Gasteiger partial charge in [-0.25, -0.2) is 8.42 Å². The third kappa shape index (κ3) is 4.48. The van der Waals surface area contributed by atoms with Crippen molar-refractivity contribution in [1.82, 2.24) is 9.88 Å². The van der Waals surface area contributed by atoms with E-state index in [4.69, 9.17) is 5.73 Å². The van der Waals surface area contributed by atoms with Crippen molar-refractivity contribution in [2.75, 3.05) is 17.8 Å². The van der Waals surface area contributed by atoms with Crippen LogP contribution < -0.4 is 10.5 Å². The molecule has 3 N–H and O–H groups in total. The van der Waals surface area contributed by atoms with E-state index in [9.17, 15) is 18.0 Å². The Morgan fingerprint density at radius 1 is 1.14 bits per heavy atom. The molecule has 2 heterocycles. The van der Waals surface area contributed by atoms with E-state index in [-0.39, 0.29) is 33.9 Å². The SMILES string of the molecule is Cc1ccc(S(=O)(=O)Nc2cncc(C(=O)N3CCC(C(N)=O)CC3)c2)cc1. The number of sulfonamides is 1. The fourth-order valence-corrected chi connectivity index (χ4v) is 4.13. The number of nitrogens with two attached hydrogens (primary N) is 1. The highest BCUT2D eigenvalue weighted by molar-refractivity contribution is 7.92. The number of anilines is 1. The summed E-state index contributed by atoms with van der Waals surface area (Å²) in [7, 11) is -3.78. The van der Waals surface area contributed by atoms with Gasteiger partial charge in [-0.05, 0) is 38.0 Å². The molecule has 2 amide bonds. The van der Waals surface area contributed by atoms with Crippen LogP contribution in [0.4, 0.5) is 5.69 Å². The summed E-state index contributed by atoms with van der Waals surface area (Å²) in [5, 5.41) is 0. The number of likely N-dealkylation sites (tertiary alicyclic amines) is 1. The lowest BCUT2D eigenvalue weighted by Crippen LogP contribution is -2.41. The van der Waals surface area contributed by atoms with Crippen LogP contribution in [0.2, 0.25) is 0 Å². The van der Waals surface area contributed by atoms with Gasteiger partial charge >= 0.3 is 0 Å². The third-order valence-electron chi connectivity index (χ3n) is 4.75. The molecule has 1 aliphatic rings. The van der Waals surface area contributed by atoms with Crippen molar-refractivity contribution in [2.45, 2.75) is 24.7 Å². The van der Waals surface area contributed by atoms with E-state index in [0.29, 0.717) is 25.9 Å². The van der Waals surface area contributed by atoms with Gasteiger partial charge in [0.2, 0.25) is 5.91 Å². The summed E-state index contributed by atoms with van der Waals surface area (Å²) in [5.74, 6) is -0.817. The van der Waals surface area contributed by atoms with Gasteiger partial charge in [-0.15, -0.1) is 0 Å². The maximum Gasteiger partial charge on any atom is 0.261 e. The molecule has 0 aliphatic carbocycles. The summed E-state index contributed by atoms with van der Waals surface area (Å²) in [4.78, 5) is 29.7. The van der Waals surface area contributed by atoms with Crippen LogP contribution in [-0.4, -0.2) is 43.2 Å². The van der Waals surface area contributed by atoms with Crippen LogP contribution in [-0.2, 0) is 14.8 Å². The topological polar surface area (TPSA) is 122 Å². The van der Waals surface area contributed by atoms with Crippen molar-refractivity contribution < 1.29 is 18.0 Å². The number of aromatic nitrogens is 1. The zero-order valence-electron chi connectivity index (χ0n) is 15.5. The van der Waals surface area contributed by atoms with Gasteiger partial charge in [0.15, 0.2) is 0 Å². The number of piperidine rings is 1. The molecule has 0 atom stereocenters. The molecule has 3 rings (SSSR count). The normalized spacial score (nSPS) is 15.2. The van der Waals surface area contributed by atoms with Crippen LogP contribution in [0.5, 0.6) is 0 Å². The molecule has 1 aromatic heterocycles. The Morgan fingerprint density at radius 3 is 2.39 bits per heavy atom. The van der Waals surface area contributed by atoms with Crippen LogP contribution >= 0.6 is 0 Å². The number of carbonyl (C=O) groups is 2. The summed E-state index contributed by atoms with van der Waals surface area (Å²) < 4.78 is 27.5. The molecule has 148 valence electrons. The fraction of sp³-hybridized carbons (Fsp3) is 0.316. The lowest BCUT2D eigenvalue weighted by Gasteiger charge is -2.30. The van der Waals surface area contributed by atoms with Gasteiger partial charge < -0.3 is 10.6 Å². The number of carbonyl (C=O) groups excluding carboxylic acids is 2. The van der Waals surface area contributed by atoms with Gasteiger partial charge in [-0.3, -0.25) is 19.3 Å². The van der Waals surface area contributed by atoms with Crippen LogP contribution in [0.3, 0.4) is 0 Å². The summed E-state index contributed by atoms with van der Waals surface area (Å²) in [6, 6.07) is 7.91. The molecule has 28 heavy (non-hydrogen) atoms. The maximum absolute atomic E-state index is 12.7. The Morgan fingerprint density at radius 2 is 1.79 bits per heavy atom. The molecule has 0 spiro atoms. The Balaban J connectivity index is 1.72. The molecular weight excluding hydrogens is 380 g/mol. The second kappa shape index (κ2) is 7.97. The highest BCUT2D eigenvalue weighted by Crippen LogP contribution is 2.21. The quantitative estimate of drug-likeness (QED) is 0.785. The number of benzene rings is 1. The molecule has 0 radical (unpaired) electrons. The van der Waals surface area contributed by atoms with E-state index in [1.54, 1.807) is 17.0 Å². The van der Waals surface area contributed by atoms with Crippen LogP contribution in [0, 0.1) is 12.8 Å².